The molecule has 26 heavy (non-hydrogen) atoms. The average molecular weight is 372 g/mol. The Balaban J connectivity index is 1.35. The molecule has 2 N–H and O–H groups in total. The lowest BCUT2D eigenvalue weighted by Gasteiger charge is -2.07. The molecule has 6 nitrogen and oxygen atoms in total. The third-order valence-electron chi connectivity index (χ3n) is 3.69. The SMILES string of the molecule is Cc1cccc(NC(=O)CSCC(=O)NCc2ccc3c(c2)OCO3)c1. The van der Waals surface area contributed by atoms with Crippen molar-refractivity contribution < 1.29 is 19.1 Å². The first-order chi connectivity index (χ1) is 12.6. The van der Waals surface area contributed by atoms with Gasteiger partial charge in [0.1, 0.15) is 0 Å². The van der Waals surface area contributed by atoms with E-state index in [-0.39, 0.29) is 30.1 Å². The second kappa shape index (κ2) is 8.62. The summed E-state index contributed by atoms with van der Waals surface area (Å²) in [5.74, 6) is 1.63. The lowest BCUT2D eigenvalue weighted by molar-refractivity contribution is -0.118. The molecule has 0 aromatic heterocycles. The van der Waals surface area contributed by atoms with Gasteiger partial charge >= 0.3 is 0 Å². The van der Waals surface area contributed by atoms with E-state index in [9.17, 15) is 9.59 Å². The van der Waals surface area contributed by atoms with Gasteiger partial charge in [-0.2, -0.15) is 0 Å². The van der Waals surface area contributed by atoms with Gasteiger partial charge in [-0.25, -0.2) is 0 Å². The fourth-order valence-electron chi connectivity index (χ4n) is 2.46. The molecule has 2 aromatic carbocycles. The van der Waals surface area contributed by atoms with Crippen LogP contribution in [-0.2, 0) is 16.1 Å². The monoisotopic (exact) mass is 372 g/mol. The topological polar surface area (TPSA) is 76.7 Å². The predicted octanol–water partition coefficient (Wildman–Crippen LogP) is 2.71. The van der Waals surface area contributed by atoms with Crippen LogP contribution in [0, 0.1) is 6.92 Å². The minimum Gasteiger partial charge on any atom is -0.454 e. The van der Waals surface area contributed by atoms with Gasteiger partial charge in [0, 0.05) is 12.2 Å². The van der Waals surface area contributed by atoms with Gasteiger partial charge in [0.15, 0.2) is 11.5 Å². The van der Waals surface area contributed by atoms with Crippen molar-refractivity contribution in [3.63, 3.8) is 0 Å². The summed E-state index contributed by atoms with van der Waals surface area (Å²) >= 11 is 1.28. The molecule has 0 aliphatic carbocycles. The summed E-state index contributed by atoms with van der Waals surface area (Å²) in [6, 6.07) is 13.2. The van der Waals surface area contributed by atoms with Crippen molar-refractivity contribution in [3.05, 3.63) is 53.6 Å². The molecule has 0 saturated carbocycles. The molecule has 0 saturated heterocycles. The van der Waals surface area contributed by atoms with Crippen LogP contribution in [0.2, 0.25) is 0 Å². The fraction of sp³-hybridized carbons (Fsp3) is 0.263. The van der Waals surface area contributed by atoms with Crippen LogP contribution < -0.4 is 20.1 Å². The van der Waals surface area contributed by atoms with E-state index in [1.54, 1.807) is 0 Å². The summed E-state index contributed by atoms with van der Waals surface area (Å²) in [6.07, 6.45) is 0. The highest BCUT2D eigenvalue weighted by Gasteiger charge is 2.13. The van der Waals surface area contributed by atoms with Gasteiger partial charge in [0.25, 0.3) is 0 Å². The lowest BCUT2D eigenvalue weighted by Crippen LogP contribution is -2.25. The Labute approximate surface area is 156 Å². The van der Waals surface area contributed by atoms with E-state index in [2.05, 4.69) is 10.6 Å². The van der Waals surface area contributed by atoms with E-state index < -0.39 is 0 Å². The quantitative estimate of drug-likeness (QED) is 0.782. The highest BCUT2D eigenvalue weighted by Crippen LogP contribution is 2.32. The van der Waals surface area contributed by atoms with Gasteiger partial charge in [0.05, 0.1) is 11.5 Å². The van der Waals surface area contributed by atoms with E-state index in [4.69, 9.17) is 9.47 Å². The smallest absolute Gasteiger partial charge is 0.234 e. The van der Waals surface area contributed by atoms with E-state index in [0.29, 0.717) is 12.3 Å². The van der Waals surface area contributed by atoms with Crippen LogP contribution >= 0.6 is 11.8 Å². The first-order valence-electron chi connectivity index (χ1n) is 8.19. The second-order valence-corrected chi connectivity index (χ2v) is 6.86. The van der Waals surface area contributed by atoms with Crippen molar-refractivity contribution in [2.24, 2.45) is 0 Å². The molecule has 0 unspecified atom stereocenters. The summed E-state index contributed by atoms with van der Waals surface area (Å²) in [5, 5.41) is 5.65. The molecule has 0 spiro atoms. The van der Waals surface area contributed by atoms with Crippen LogP contribution in [0.15, 0.2) is 42.5 Å². The van der Waals surface area contributed by atoms with Crippen LogP contribution in [0.25, 0.3) is 0 Å². The Bertz CT molecular complexity index is 810. The highest BCUT2D eigenvalue weighted by atomic mass is 32.2. The molecule has 2 aromatic rings. The maximum atomic E-state index is 11.9. The highest BCUT2D eigenvalue weighted by molar-refractivity contribution is 8.00. The van der Waals surface area contributed by atoms with Crippen molar-refractivity contribution in [3.8, 4) is 11.5 Å². The van der Waals surface area contributed by atoms with Gasteiger partial charge in [-0.1, -0.05) is 18.2 Å². The number of benzene rings is 2. The summed E-state index contributed by atoms with van der Waals surface area (Å²) in [6.45, 7) is 2.60. The number of aryl methyl sites for hydroxylation is 1. The number of hydrogen-bond donors (Lipinski definition) is 2. The molecule has 0 atom stereocenters. The Morgan fingerprint density at radius 3 is 2.69 bits per heavy atom. The number of thioether (sulfide) groups is 1. The van der Waals surface area contributed by atoms with Crippen molar-refractivity contribution in [2.45, 2.75) is 13.5 Å². The van der Waals surface area contributed by atoms with Crippen LogP contribution in [0.3, 0.4) is 0 Å². The predicted molar refractivity (Wildman–Crippen MR) is 102 cm³/mol. The van der Waals surface area contributed by atoms with E-state index >= 15 is 0 Å². The molecule has 136 valence electrons. The van der Waals surface area contributed by atoms with Gasteiger partial charge in [-0.3, -0.25) is 9.59 Å². The van der Waals surface area contributed by atoms with Crippen molar-refractivity contribution in [2.75, 3.05) is 23.6 Å². The van der Waals surface area contributed by atoms with Crippen LogP contribution in [0.5, 0.6) is 11.5 Å². The first-order valence-corrected chi connectivity index (χ1v) is 9.35. The van der Waals surface area contributed by atoms with Gasteiger partial charge in [-0.05, 0) is 42.3 Å². The Morgan fingerprint density at radius 2 is 1.85 bits per heavy atom. The zero-order valence-electron chi connectivity index (χ0n) is 14.4. The number of anilines is 1. The van der Waals surface area contributed by atoms with Crippen LogP contribution in [0.4, 0.5) is 5.69 Å². The number of ether oxygens (including phenoxy) is 2. The number of nitrogens with one attached hydrogen (secondary N) is 2. The zero-order valence-corrected chi connectivity index (χ0v) is 15.2. The van der Waals surface area contributed by atoms with Crippen molar-refractivity contribution in [1.82, 2.24) is 5.32 Å². The lowest BCUT2D eigenvalue weighted by atomic mass is 10.2. The maximum absolute atomic E-state index is 11.9. The molecule has 2 amide bonds. The molecule has 1 aliphatic rings. The number of amides is 2. The molecule has 7 heteroatoms. The van der Waals surface area contributed by atoms with E-state index in [1.165, 1.54) is 11.8 Å². The molecule has 1 heterocycles. The second-order valence-electron chi connectivity index (χ2n) is 5.87. The van der Waals surface area contributed by atoms with Gasteiger partial charge < -0.3 is 20.1 Å². The average Bonchev–Trinajstić information content (AvgIpc) is 3.07. The normalized spacial score (nSPS) is 11.9. The minimum atomic E-state index is -0.121. The van der Waals surface area contributed by atoms with E-state index in [0.717, 1.165) is 22.6 Å². The summed E-state index contributed by atoms with van der Waals surface area (Å²) in [5.41, 5.74) is 2.78. The molecule has 3 rings (SSSR count). The number of fused-ring (bicyclic) bond motifs is 1. The standard InChI is InChI=1S/C19H20N2O4S/c1-13-3-2-4-15(7-13)21-19(23)11-26-10-18(22)20-9-14-5-6-16-17(8-14)25-12-24-16/h2-8H,9-12H2,1H3,(H,20,22)(H,21,23). The molecular weight excluding hydrogens is 352 g/mol. The number of hydrogen-bond acceptors (Lipinski definition) is 5. The molecule has 1 aliphatic heterocycles. The van der Waals surface area contributed by atoms with Crippen LogP contribution in [-0.4, -0.2) is 30.1 Å². The Kier molecular flexibility index (Phi) is 6.01. The Hall–Kier alpha value is -2.67. The maximum Gasteiger partial charge on any atom is 0.234 e. The van der Waals surface area contributed by atoms with Crippen molar-refractivity contribution >= 4 is 29.3 Å². The minimum absolute atomic E-state index is 0.115. The molecule has 0 bridgehead atoms. The van der Waals surface area contributed by atoms with Crippen LogP contribution in [0.1, 0.15) is 11.1 Å². The molecule has 0 fully saturated rings. The first kappa shape index (κ1) is 18.1. The fourth-order valence-corrected chi connectivity index (χ4v) is 3.11. The van der Waals surface area contributed by atoms with Gasteiger partial charge in [-0.15, -0.1) is 11.8 Å². The summed E-state index contributed by atoms with van der Waals surface area (Å²) < 4.78 is 10.6. The summed E-state index contributed by atoms with van der Waals surface area (Å²) in [4.78, 5) is 23.8. The third kappa shape index (κ3) is 5.16. The number of carbonyl (C=O) groups excluding carboxylic acids is 2. The zero-order chi connectivity index (χ0) is 18.4. The van der Waals surface area contributed by atoms with Gasteiger partial charge in [0.2, 0.25) is 18.6 Å². The summed E-state index contributed by atoms with van der Waals surface area (Å²) in [7, 11) is 0. The Morgan fingerprint density at radius 1 is 1.04 bits per heavy atom. The van der Waals surface area contributed by atoms with Crippen molar-refractivity contribution in [1.29, 1.82) is 0 Å². The molecular formula is C19H20N2O4S. The largest absolute Gasteiger partial charge is 0.454 e. The van der Waals surface area contributed by atoms with E-state index in [1.807, 2.05) is 49.4 Å². The third-order valence-corrected chi connectivity index (χ3v) is 4.63. The number of carbonyl (C=O) groups is 2. The molecule has 0 radical (unpaired) electrons. The number of rotatable bonds is 7.